The van der Waals surface area contributed by atoms with E-state index in [9.17, 15) is 18.0 Å². The molecule has 2 heterocycles. The van der Waals surface area contributed by atoms with Gasteiger partial charge in [0.2, 0.25) is 15.9 Å². The highest BCUT2D eigenvalue weighted by atomic mass is 32.2. The minimum atomic E-state index is -3.55. The van der Waals surface area contributed by atoms with Gasteiger partial charge in [0, 0.05) is 25.3 Å². The summed E-state index contributed by atoms with van der Waals surface area (Å²) >= 11 is 1.16. The second-order valence-corrected chi connectivity index (χ2v) is 10.3. The third kappa shape index (κ3) is 6.46. The molecule has 8 nitrogen and oxygen atoms in total. The molecular weight excluding hydrogens is 400 g/mol. The number of nitrogens with one attached hydrogen (secondary N) is 2. The molecule has 2 N–H and O–H groups in total. The number of carbonyl (C=O) groups is 2. The maximum absolute atomic E-state index is 12.8. The van der Waals surface area contributed by atoms with Gasteiger partial charge in [-0.1, -0.05) is 24.6 Å². The number of aromatic nitrogens is 1. The van der Waals surface area contributed by atoms with Crippen molar-refractivity contribution in [1.82, 2.24) is 19.9 Å². The number of carbonyl (C=O) groups excluding carboxylic acids is 2. The summed E-state index contributed by atoms with van der Waals surface area (Å²) in [5, 5.41) is 4.82. The molecule has 0 unspecified atom stereocenters. The van der Waals surface area contributed by atoms with Crippen LogP contribution in [0.25, 0.3) is 0 Å². The minimum Gasteiger partial charge on any atom is -0.336 e. The van der Waals surface area contributed by atoms with Gasteiger partial charge in [-0.25, -0.2) is 18.2 Å². The molecule has 1 saturated heterocycles. The minimum absolute atomic E-state index is 0.0730. The lowest BCUT2D eigenvalue weighted by Crippen LogP contribution is -2.45. The molecule has 0 aliphatic carbocycles. The number of thioether (sulfide) groups is 1. The van der Waals surface area contributed by atoms with Gasteiger partial charge < -0.3 is 5.32 Å². The van der Waals surface area contributed by atoms with Crippen LogP contribution in [0, 0.1) is 0 Å². The van der Waals surface area contributed by atoms with Crippen LogP contribution in [0.1, 0.15) is 46.5 Å². The molecule has 1 aliphatic heterocycles. The van der Waals surface area contributed by atoms with Gasteiger partial charge >= 0.3 is 6.03 Å². The predicted octanol–water partition coefficient (Wildman–Crippen LogP) is 2.36. The van der Waals surface area contributed by atoms with Crippen LogP contribution >= 0.6 is 11.8 Å². The van der Waals surface area contributed by atoms with Crippen LogP contribution in [0.2, 0.25) is 0 Å². The monoisotopic (exact) mass is 428 g/mol. The molecule has 1 fully saturated rings. The summed E-state index contributed by atoms with van der Waals surface area (Å²) in [6.45, 7) is 6.33. The van der Waals surface area contributed by atoms with E-state index in [1.807, 2.05) is 0 Å². The van der Waals surface area contributed by atoms with E-state index >= 15 is 0 Å². The van der Waals surface area contributed by atoms with E-state index in [1.165, 1.54) is 16.6 Å². The van der Waals surface area contributed by atoms with Gasteiger partial charge in [-0.2, -0.15) is 4.31 Å². The first kappa shape index (κ1) is 22.6. The number of nitrogens with zero attached hydrogens (tertiary/aromatic N) is 2. The fourth-order valence-electron chi connectivity index (χ4n) is 2.77. The average molecular weight is 429 g/mol. The van der Waals surface area contributed by atoms with E-state index < -0.39 is 27.2 Å². The smallest absolute Gasteiger partial charge is 0.321 e. The second-order valence-electron chi connectivity index (χ2n) is 7.03. The Balaban J connectivity index is 1.98. The van der Waals surface area contributed by atoms with Gasteiger partial charge in [0.1, 0.15) is 4.90 Å². The zero-order valence-corrected chi connectivity index (χ0v) is 18.1. The van der Waals surface area contributed by atoms with E-state index in [0.717, 1.165) is 37.4 Å². The Hall–Kier alpha value is -1.65. The average Bonchev–Trinajstić information content (AvgIpc) is 2.91. The summed E-state index contributed by atoms with van der Waals surface area (Å²) in [5.41, 5.74) is 0. The molecule has 1 aromatic rings. The molecule has 0 bridgehead atoms. The highest BCUT2D eigenvalue weighted by molar-refractivity contribution is 8.00. The largest absolute Gasteiger partial charge is 0.336 e. The SMILES string of the molecule is CC(C)NC(=O)NC(=O)[C@H](C)Sc1ccc(S(=O)(=O)N2CCCCCC2)cn1. The van der Waals surface area contributed by atoms with Crippen LogP contribution in [0.5, 0.6) is 0 Å². The predicted molar refractivity (Wildman–Crippen MR) is 109 cm³/mol. The molecule has 1 aliphatic rings. The number of hydrogen-bond donors (Lipinski definition) is 2. The molecule has 3 amide bonds. The van der Waals surface area contributed by atoms with Crippen LogP contribution < -0.4 is 10.6 Å². The Kier molecular flexibility index (Phi) is 8.26. The summed E-state index contributed by atoms with van der Waals surface area (Å²) in [6.07, 6.45) is 5.18. The van der Waals surface area contributed by atoms with Gasteiger partial charge in [0.05, 0.1) is 10.3 Å². The van der Waals surface area contributed by atoms with Gasteiger partial charge in [-0.3, -0.25) is 10.1 Å². The van der Waals surface area contributed by atoms with Crippen LogP contribution in [0.3, 0.4) is 0 Å². The van der Waals surface area contributed by atoms with Crippen molar-refractivity contribution in [2.24, 2.45) is 0 Å². The molecule has 0 saturated carbocycles. The molecule has 0 aromatic carbocycles. The van der Waals surface area contributed by atoms with E-state index in [2.05, 4.69) is 15.6 Å². The van der Waals surface area contributed by atoms with E-state index in [-0.39, 0.29) is 10.9 Å². The highest BCUT2D eigenvalue weighted by Gasteiger charge is 2.26. The fraction of sp³-hybridized carbons (Fsp3) is 0.611. The maximum atomic E-state index is 12.8. The van der Waals surface area contributed by atoms with Crippen molar-refractivity contribution in [1.29, 1.82) is 0 Å². The molecule has 0 spiro atoms. The molecular formula is C18H28N4O4S2. The lowest BCUT2D eigenvalue weighted by Gasteiger charge is -2.19. The molecule has 156 valence electrons. The summed E-state index contributed by atoms with van der Waals surface area (Å²) in [6, 6.07) is 2.49. The first-order valence-corrected chi connectivity index (χ1v) is 11.8. The van der Waals surface area contributed by atoms with Crippen molar-refractivity contribution < 1.29 is 18.0 Å². The topological polar surface area (TPSA) is 108 Å². The highest BCUT2D eigenvalue weighted by Crippen LogP contribution is 2.24. The van der Waals surface area contributed by atoms with Crippen molar-refractivity contribution in [2.45, 2.75) is 67.7 Å². The third-order valence-electron chi connectivity index (χ3n) is 4.24. The summed E-state index contributed by atoms with van der Waals surface area (Å²) in [5.74, 6) is -0.439. The van der Waals surface area contributed by atoms with Crippen molar-refractivity contribution in [3.05, 3.63) is 18.3 Å². The summed E-state index contributed by atoms with van der Waals surface area (Å²) in [7, 11) is -3.55. The standard InChI is InChI=1S/C18H28N4O4S2/c1-13(2)20-18(24)21-17(23)14(3)27-16-9-8-15(12-19-16)28(25,26)22-10-6-4-5-7-11-22/h8-9,12-14H,4-7,10-11H2,1-3H3,(H2,20,21,23,24)/t14-/m0/s1. The Morgan fingerprint density at radius 3 is 2.29 bits per heavy atom. The van der Waals surface area contributed by atoms with Crippen molar-refractivity contribution in [2.75, 3.05) is 13.1 Å². The molecule has 28 heavy (non-hydrogen) atoms. The lowest BCUT2D eigenvalue weighted by molar-refractivity contribution is -0.119. The number of urea groups is 1. The van der Waals surface area contributed by atoms with Crippen LogP contribution in [-0.4, -0.2) is 54.0 Å². The first-order valence-electron chi connectivity index (χ1n) is 9.44. The Labute approximate surface area is 170 Å². The number of amides is 3. The number of pyridine rings is 1. The third-order valence-corrected chi connectivity index (χ3v) is 7.17. The number of sulfonamides is 1. The quantitative estimate of drug-likeness (QED) is 0.674. The van der Waals surface area contributed by atoms with Crippen molar-refractivity contribution in [3.63, 3.8) is 0 Å². The molecule has 0 radical (unpaired) electrons. The fourth-order valence-corrected chi connectivity index (χ4v) is 5.02. The zero-order valence-electron chi connectivity index (χ0n) is 16.5. The van der Waals surface area contributed by atoms with Crippen molar-refractivity contribution >= 4 is 33.7 Å². The van der Waals surface area contributed by atoms with Gasteiger partial charge in [-0.05, 0) is 45.7 Å². The van der Waals surface area contributed by atoms with Crippen LogP contribution in [0.4, 0.5) is 4.79 Å². The molecule has 10 heteroatoms. The number of imide groups is 1. The lowest BCUT2D eigenvalue weighted by atomic mass is 10.2. The van der Waals surface area contributed by atoms with Gasteiger partial charge in [0.15, 0.2) is 0 Å². The molecule has 1 atom stereocenters. The maximum Gasteiger partial charge on any atom is 0.321 e. The normalized spacial score (nSPS) is 17.0. The first-order chi connectivity index (χ1) is 13.2. The van der Waals surface area contributed by atoms with Gasteiger partial charge in [0.25, 0.3) is 0 Å². The van der Waals surface area contributed by atoms with Crippen LogP contribution in [0.15, 0.2) is 28.3 Å². The number of hydrogen-bond acceptors (Lipinski definition) is 6. The summed E-state index contributed by atoms with van der Waals surface area (Å²) in [4.78, 5) is 28.0. The van der Waals surface area contributed by atoms with Gasteiger partial charge in [-0.15, -0.1) is 0 Å². The molecule has 1 aromatic heterocycles. The summed E-state index contributed by atoms with van der Waals surface area (Å²) < 4.78 is 27.0. The van der Waals surface area contributed by atoms with Crippen molar-refractivity contribution in [3.8, 4) is 0 Å². The number of rotatable bonds is 6. The zero-order chi connectivity index (χ0) is 20.7. The molecule has 2 rings (SSSR count). The van der Waals surface area contributed by atoms with Crippen LogP contribution in [-0.2, 0) is 14.8 Å². The second kappa shape index (κ2) is 10.2. The Morgan fingerprint density at radius 1 is 1.11 bits per heavy atom. The Morgan fingerprint density at radius 2 is 1.75 bits per heavy atom. The van der Waals surface area contributed by atoms with E-state index in [1.54, 1.807) is 26.8 Å². The van der Waals surface area contributed by atoms with E-state index in [0.29, 0.717) is 18.1 Å². The Bertz CT molecular complexity index is 773. The van der Waals surface area contributed by atoms with E-state index in [4.69, 9.17) is 0 Å².